The Morgan fingerprint density at radius 1 is 0.731 bits per heavy atom. The number of fused-ring (bicyclic) bond motifs is 1. The van der Waals surface area contributed by atoms with Gasteiger partial charge in [-0.05, 0) is 34.7 Å². The zero-order valence-electron chi connectivity index (χ0n) is 29.9. The molecule has 1 N–H and O–H groups in total. The second-order valence-corrected chi connectivity index (χ2v) is 13.1. The molecule has 9 heteroatoms. The maximum Gasteiger partial charge on any atom is 0.303 e. The van der Waals surface area contributed by atoms with Crippen LogP contribution < -0.4 is 5.32 Å². The molecule has 52 heavy (non-hydrogen) atoms. The van der Waals surface area contributed by atoms with Crippen molar-refractivity contribution in [1.82, 2.24) is 9.88 Å². The van der Waals surface area contributed by atoms with E-state index in [2.05, 4.69) is 12.2 Å². The number of nitrogens with zero attached hydrogens (tertiary/aromatic N) is 1. The Hall–Kier alpha value is -4.80. The van der Waals surface area contributed by atoms with Crippen LogP contribution in [0.2, 0.25) is 0 Å². The highest BCUT2D eigenvalue weighted by Gasteiger charge is 2.50. The van der Waals surface area contributed by atoms with Crippen molar-refractivity contribution in [2.24, 2.45) is 0 Å². The molecule has 0 spiro atoms. The fraction of sp³-hybridized carbons (Fsp3) is 0.349. The summed E-state index contributed by atoms with van der Waals surface area (Å²) in [5.74, 6) is -0.525. The summed E-state index contributed by atoms with van der Waals surface area (Å²) in [5, 5.41) is 3.95. The predicted octanol–water partition coefficient (Wildman–Crippen LogP) is 7.32. The largest absolute Gasteiger partial charge is 0.455 e. The first-order chi connectivity index (χ1) is 25.5. The summed E-state index contributed by atoms with van der Waals surface area (Å²) >= 11 is 0. The standard InChI is InChI=1S/C43H48N2O7/c1-3-4-24-44-39(47)25-35-26-45(37-23-15-14-22-36(35)37)43-42(51-31(2)46)41(50-29-34-20-12-7-13-21-34)40(49-28-33-18-10-6-11-19-33)38(52-43)30-48-27-32-16-8-5-9-17-32/h5-23,26,38,40-43H,3-4,24-25,27-30H2,1-2H3,(H,44,47)/t38-,40+,41+,42-,43-/m1/s1. The van der Waals surface area contributed by atoms with Crippen LogP contribution in [0.5, 0.6) is 0 Å². The summed E-state index contributed by atoms with van der Waals surface area (Å²) in [5.41, 5.74) is 4.67. The van der Waals surface area contributed by atoms with E-state index >= 15 is 0 Å². The van der Waals surface area contributed by atoms with E-state index in [9.17, 15) is 9.59 Å². The Labute approximate surface area is 305 Å². The van der Waals surface area contributed by atoms with Crippen LogP contribution in [0.25, 0.3) is 10.9 Å². The van der Waals surface area contributed by atoms with E-state index in [1.54, 1.807) is 0 Å². The lowest BCUT2D eigenvalue weighted by molar-refractivity contribution is -0.282. The molecule has 0 unspecified atom stereocenters. The average Bonchev–Trinajstić information content (AvgIpc) is 3.52. The molecule has 1 aliphatic rings. The second-order valence-electron chi connectivity index (χ2n) is 13.1. The lowest BCUT2D eigenvalue weighted by atomic mass is 9.96. The molecule has 0 saturated carbocycles. The first kappa shape index (κ1) is 37.0. The molecule has 5 atom stereocenters. The molecule has 0 radical (unpaired) electrons. The number of unbranched alkanes of at least 4 members (excludes halogenated alkanes) is 1. The van der Waals surface area contributed by atoms with Crippen molar-refractivity contribution >= 4 is 22.8 Å². The van der Waals surface area contributed by atoms with Gasteiger partial charge < -0.3 is 33.6 Å². The molecule has 1 amide bonds. The number of carbonyl (C=O) groups is 2. The maximum absolute atomic E-state index is 13.0. The number of aromatic nitrogens is 1. The molecule has 0 bridgehead atoms. The number of esters is 1. The molecule has 0 aliphatic carbocycles. The Morgan fingerprint density at radius 2 is 1.31 bits per heavy atom. The molecular weight excluding hydrogens is 656 g/mol. The van der Waals surface area contributed by atoms with Gasteiger partial charge in [-0.2, -0.15) is 0 Å². The quantitative estimate of drug-likeness (QED) is 0.0801. The predicted molar refractivity (Wildman–Crippen MR) is 199 cm³/mol. The third-order valence-corrected chi connectivity index (χ3v) is 9.18. The number of benzene rings is 4. The summed E-state index contributed by atoms with van der Waals surface area (Å²) in [6.45, 7) is 5.23. The van der Waals surface area contributed by atoms with Gasteiger partial charge in [0.15, 0.2) is 12.3 Å². The van der Waals surface area contributed by atoms with E-state index in [0.29, 0.717) is 13.2 Å². The van der Waals surface area contributed by atoms with Crippen molar-refractivity contribution in [3.05, 3.63) is 144 Å². The lowest BCUT2D eigenvalue weighted by Gasteiger charge is -2.46. The number of hydrogen-bond donors (Lipinski definition) is 1. The van der Waals surface area contributed by atoms with Crippen LogP contribution >= 0.6 is 0 Å². The monoisotopic (exact) mass is 704 g/mol. The minimum Gasteiger partial charge on any atom is -0.455 e. The Morgan fingerprint density at radius 3 is 1.92 bits per heavy atom. The van der Waals surface area contributed by atoms with Gasteiger partial charge in [0.2, 0.25) is 5.91 Å². The van der Waals surface area contributed by atoms with Gasteiger partial charge in [-0.25, -0.2) is 0 Å². The maximum atomic E-state index is 13.0. The minimum absolute atomic E-state index is 0.0527. The summed E-state index contributed by atoms with van der Waals surface area (Å²) in [6, 6.07) is 37.6. The van der Waals surface area contributed by atoms with Gasteiger partial charge >= 0.3 is 5.97 Å². The number of hydrogen-bond acceptors (Lipinski definition) is 7. The van der Waals surface area contributed by atoms with Gasteiger partial charge in [-0.1, -0.05) is 123 Å². The van der Waals surface area contributed by atoms with Crippen LogP contribution in [0.1, 0.15) is 55.2 Å². The number of nitrogens with one attached hydrogen (secondary N) is 1. The number of amides is 1. The molecule has 2 heterocycles. The zero-order valence-corrected chi connectivity index (χ0v) is 29.9. The molecular formula is C43H48N2O7. The highest BCUT2D eigenvalue weighted by atomic mass is 16.6. The lowest BCUT2D eigenvalue weighted by Crippen LogP contribution is -2.59. The van der Waals surface area contributed by atoms with Gasteiger partial charge in [0.05, 0.1) is 38.4 Å². The normalized spacial score (nSPS) is 20.1. The Balaban J connectivity index is 1.38. The van der Waals surface area contributed by atoms with Gasteiger partial charge in [-0.15, -0.1) is 0 Å². The van der Waals surface area contributed by atoms with Crippen molar-refractivity contribution in [3.63, 3.8) is 0 Å². The van der Waals surface area contributed by atoms with Gasteiger partial charge in [-0.3, -0.25) is 9.59 Å². The molecule has 6 rings (SSSR count). The third-order valence-electron chi connectivity index (χ3n) is 9.18. The number of ether oxygens (including phenoxy) is 5. The van der Waals surface area contributed by atoms with Crippen molar-refractivity contribution < 1.29 is 33.3 Å². The van der Waals surface area contributed by atoms with Gasteiger partial charge in [0.1, 0.15) is 18.3 Å². The first-order valence-corrected chi connectivity index (χ1v) is 18.1. The zero-order chi connectivity index (χ0) is 36.1. The van der Waals surface area contributed by atoms with Crippen LogP contribution in [-0.2, 0) is 59.5 Å². The number of rotatable bonds is 17. The van der Waals surface area contributed by atoms with Crippen molar-refractivity contribution in [2.75, 3.05) is 13.2 Å². The van der Waals surface area contributed by atoms with Gasteiger partial charge in [0.25, 0.3) is 0 Å². The molecule has 1 aliphatic heterocycles. The summed E-state index contributed by atoms with van der Waals surface area (Å²) in [4.78, 5) is 25.9. The van der Waals surface area contributed by atoms with Gasteiger partial charge in [0, 0.05) is 25.1 Å². The molecule has 9 nitrogen and oxygen atoms in total. The molecule has 4 aromatic carbocycles. The SMILES string of the molecule is CCCCNC(=O)Cc1cn([C@@H]2O[C@H](COCc3ccccc3)[C@H](OCc3ccccc3)[C@H](OCc3ccccc3)[C@H]2OC(C)=O)c2ccccc12. The van der Waals surface area contributed by atoms with Crippen LogP contribution in [0.4, 0.5) is 0 Å². The topological polar surface area (TPSA) is 97.3 Å². The molecule has 272 valence electrons. The summed E-state index contributed by atoms with van der Waals surface area (Å²) in [7, 11) is 0. The fourth-order valence-electron chi connectivity index (χ4n) is 6.63. The Bertz CT molecular complexity index is 1850. The summed E-state index contributed by atoms with van der Waals surface area (Å²) < 4.78 is 34.9. The summed E-state index contributed by atoms with van der Waals surface area (Å²) in [6.07, 6.45) is 0.268. The van der Waals surface area contributed by atoms with E-state index in [4.69, 9.17) is 23.7 Å². The van der Waals surface area contributed by atoms with E-state index < -0.39 is 36.6 Å². The van der Waals surface area contributed by atoms with E-state index in [0.717, 1.165) is 46.0 Å². The highest BCUT2D eigenvalue weighted by molar-refractivity contribution is 5.89. The fourth-order valence-corrected chi connectivity index (χ4v) is 6.63. The third kappa shape index (κ3) is 9.74. The van der Waals surface area contributed by atoms with E-state index in [1.165, 1.54) is 6.92 Å². The van der Waals surface area contributed by atoms with Crippen LogP contribution in [-0.4, -0.2) is 54.0 Å². The molecule has 5 aromatic rings. The molecule has 1 saturated heterocycles. The highest BCUT2D eigenvalue weighted by Crippen LogP contribution is 2.38. The Kier molecular flexibility index (Phi) is 13.2. The van der Waals surface area contributed by atoms with Crippen molar-refractivity contribution in [2.45, 2.75) is 83.6 Å². The molecule has 1 fully saturated rings. The van der Waals surface area contributed by atoms with Crippen LogP contribution in [0, 0.1) is 0 Å². The number of para-hydroxylation sites is 1. The average molecular weight is 705 g/mol. The second kappa shape index (κ2) is 18.6. The van der Waals surface area contributed by atoms with Crippen molar-refractivity contribution in [3.8, 4) is 0 Å². The first-order valence-electron chi connectivity index (χ1n) is 18.1. The number of carbonyl (C=O) groups excluding carboxylic acids is 2. The minimum atomic E-state index is -0.908. The van der Waals surface area contributed by atoms with E-state index in [-0.39, 0.29) is 32.1 Å². The van der Waals surface area contributed by atoms with Crippen LogP contribution in [0.15, 0.2) is 121 Å². The van der Waals surface area contributed by atoms with E-state index in [1.807, 2.05) is 126 Å². The van der Waals surface area contributed by atoms with Crippen molar-refractivity contribution in [1.29, 1.82) is 0 Å². The molecule has 1 aromatic heterocycles. The van der Waals surface area contributed by atoms with Crippen LogP contribution in [0.3, 0.4) is 0 Å². The smallest absolute Gasteiger partial charge is 0.303 e.